The van der Waals surface area contributed by atoms with E-state index in [4.69, 9.17) is 4.74 Å². The number of ether oxygens (including phenoxy) is 1. The molecule has 1 atom stereocenters. The molecule has 0 radical (unpaired) electrons. The Morgan fingerprint density at radius 2 is 2.26 bits per heavy atom. The van der Waals surface area contributed by atoms with Crippen LogP contribution in [0.15, 0.2) is 24.3 Å². The van der Waals surface area contributed by atoms with E-state index in [1.807, 2.05) is 18.2 Å². The van der Waals surface area contributed by atoms with Gasteiger partial charge in [-0.1, -0.05) is 12.1 Å². The summed E-state index contributed by atoms with van der Waals surface area (Å²) < 4.78 is 22.2. The molecule has 2 heterocycles. The molecule has 2 aromatic rings. The first-order valence-corrected chi connectivity index (χ1v) is 8.23. The Hall–Kier alpha value is -1.50. The molecular weight excluding hydrogens is 295 g/mol. The second-order valence-electron chi connectivity index (χ2n) is 6.46. The molecule has 1 unspecified atom stereocenters. The number of imidazole rings is 1. The number of nitrogens with one attached hydrogen (secondary N) is 2. The second-order valence-corrected chi connectivity index (χ2v) is 6.46. The monoisotopic (exact) mass is 320 g/mol. The summed E-state index contributed by atoms with van der Waals surface area (Å²) in [4.78, 5) is 4.69. The third kappa shape index (κ3) is 3.71. The Balaban J connectivity index is 1.70. The molecule has 0 bridgehead atoms. The number of hydrogen-bond acceptors (Lipinski definition) is 4. The number of hydrogen-bond donors (Lipinski definition) is 2. The Kier molecular flexibility index (Phi) is 4.94. The highest BCUT2D eigenvalue weighted by atomic mass is 19.1. The molecule has 5 nitrogen and oxygen atoms in total. The van der Waals surface area contributed by atoms with E-state index in [2.05, 4.69) is 40.1 Å². The van der Waals surface area contributed by atoms with Gasteiger partial charge in [-0.25, -0.2) is 9.37 Å². The molecule has 2 N–H and O–H groups in total. The average molecular weight is 320 g/mol. The van der Waals surface area contributed by atoms with E-state index in [9.17, 15) is 4.39 Å². The van der Waals surface area contributed by atoms with Gasteiger partial charge in [0.05, 0.1) is 30.8 Å². The normalized spacial score (nSPS) is 22.6. The lowest BCUT2D eigenvalue weighted by Crippen LogP contribution is -2.46. The maximum Gasteiger partial charge on any atom is 0.158 e. The summed E-state index contributed by atoms with van der Waals surface area (Å²) in [5, 5.41) is 6.29. The zero-order chi connectivity index (χ0) is 16.3. The van der Waals surface area contributed by atoms with Gasteiger partial charge in [-0.2, -0.15) is 0 Å². The van der Waals surface area contributed by atoms with Crippen molar-refractivity contribution in [1.29, 1.82) is 0 Å². The summed E-state index contributed by atoms with van der Waals surface area (Å²) in [5.41, 5.74) is 0.728. The van der Waals surface area contributed by atoms with Gasteiger partial charge in [-0.3, -0.25) is 0 Å². The van der Waals surface area contributed by atoms with Crippen LogP contribution in [-0.4, -0.2) is 48.1 Å². The van der Waals surface area contributed by atoms with Gasteiger partial charge in [-0.15, -0.1) is 0 Å². The standard InChI is InChI=1S/C17H25FN4O/c1-13(2)22-15-6-4-3-5-14(15)21-16(22)9-20-11-17(18)10-19-7-8-23-12-17/h3-6,13,19-20H,7-12H2,1-2H3. The summed E-state index contributed by atoms with van der Waals surface area (Å²) in [7, 11) is 0. The fourth-order valence-electron chi connectivity index (χ4n) is 3.07. The van der Waals surface area contributed by atoms with Gasteiger partial charge in [0.1, 0.15) is 5.82 Å². The molecule has 0 saturated carbocycles. The average Bonchev–Trinajstić information content (AvgIpc) is 2.75. The van der Waals surface area contributed by atoms with Crippen LogP contribution in [0.4, 0.5) is 4.39 Å². The molecular formula is C17H25FN4O. The van der Waals surface area contributed by atoms with Crippen LogP contribution in [0.5, 0.6) is 0 Å². The van der Waals surface area contributed by atoms with Crippen molar-refractivity contribution in [2.24, 2.45) is 0 Å². The number of halogens is 1. The van der Waals surface area contributed by atoms with Gasteiger partial charge in [0.15, 0.2) is 5.67 Å². The highest BCUT2D eigenvalue weighted by Crippen LogP contribution is 2.21. The van der Waals surface area contributed by atoms with Crippen molar-refractivity contribution in [1.82, 2.24) is 20.2 Å². The van der Waals surface area contributed by atoms with Crippen LogP contribution in [-0.2, 0) is 11.3 Å². The number of fused-ring (bicyclic) bond motifs is 1. The molecule has 0 amide bonds. The van der Waals surface area contributed by atoms with Crippen molar-refractivity contribution in [2.75, 3.05) is 32.8 Å². The summed E-state index contributed by atoms with van der Waals surface area (Å²) >= 11 is 0. The highest BCUT2D eigenvalue weighted by Gasteiger charge is 2.31. The lowest BCUT2D eigenvalue weighted by atomic mass is 10.1. The smallest absolute Gasteiger partial charge is 0.158 e. The molecule has 1 saturated heterocycles. The van der Waals surface area contributed by atoms with Gasteiger partial charge >= 0.3 is 0 Å². The predicted molar refractivity (Wildman–Crippen MR) is 89.4 cm³/mol. The molecule has 1 fully saturated rings. The Morgan fingerprint density at radius 3 is 3.09 bits per heavy atom. The molecule has 1 aromatic carbocycles. The maximum atomic E-state index is 14.7. The minimum absolute atomic E-state index is 0.133. The number of alkyl halides is 1. The van der Waals surface area contributed by atoms with Crippen LogP contribution in [0.2, 0.25) is 0 Å². The fraction of sp³-hybridized carbons (Fsp3) is 0.588. The van der Waals surface area contributed by atoms with Crippen LogP contribution in [0.25, 0.3) is 11.0 Å². The maximum absolute atomic E-state index is 14.7. The first kappa shape index (κ1) is 16.4. The summed E-state index contributed by atoms with van der Waals surface area (Å²) in [6, 6.07) is 8.40. The van der Waals surface area contributed by atoms with Gasteiger partial charge < -0.3 is 19.9 Å². The predicted octanol–water partition coefficient (Wildman–Crippen LogP) is 2.03. The molecule has 1 aliphatic rings. The van der Waals surface area contributed by atoms with Crippen molar-refractivity contribution < 1.29 is 9.13 Å². The van der Waals surface area contributed by atoms with Crippen LogP contribution < -0.4 is 10.6 Å². The van der Waals surface area contributed by atoms with Crippen LogP contribution in [0.3, 0.4) is 0 Å². The van der Waals surface area contributed by atoms with E-state index in [-0.39, 0.29) is 13.2 Å². The Labute approximate surface area is 136 Å². The first-order chi connectivity index (χ1) is 11.1. The first-order valence-electron chi connectivity index (χ1n) is 8.23. The summed E-state index contributed by atoms with van der Waals surface area (Å²) in [5.74, 6) is 0.937. The zero-order valence-corrected chi connectivity index (χ0v) is 13.8. The molecule has 126 valence electrons. The summed E-state index contributed by atoms with van der Waals surface area (Å²) in [6.07, 6.45) is 0. The lowest BCUT2D eigenvalue weighted by Gasteiger charge is -2.23. The molecule has 1 aliphatic heterocycles. The van der Waals surface area contributed by atoms with Gasteiger partial charge in [0.2, 0.25) is 0 Å². The Bertz CT molecular complexity index is 647. The third-order valence-corrected chi connectivity index (χ3v) is 4.14. The van der Waals surface area contributed by atoms with Crippen molar-refractivity contribution in [3.05, 3.63) is 30.1 Å². The second kappa shape index (κ2) is 6.95. The number of aromatic nitrogens is 2. The van der Waals surface area contributed by atoms with E-state index in [0.29, 0.717) is 32.3 Å². The number of rotatable bonds is 5. The zero-order valence-electron chi connectivity index (χ0n) is 13.8. The van der Waals surface area contributed by atoms with Crippen LogP contribution >= 0.6 is 0 Å². The minimum atomic E-state index is -1.37. The SMILES string of the molecule is CC(C)n1c(CNCC2(F)CNCCOC2)nc2ccccc21. The highest BCUT2D eigenvalue weighted by molar-refractivity contribution is 5.76. The fourth-order valence-corrected chi connectivity index (χ4v) is 3.07. The number of para-hydroxylation sites is 2. The molecule has 6 heteroatoms. The van der Waals surface area contributed by atoms with Crippen LogP contribution in [0, 0.1) is 0 Å². The van der Waals surface area contributed by atoms with Gasteiger partial charge in [-0.05, 0) is 26.0 Å². The number of nitrogens with zero attached hydrogens (tertiary/aromatic N) is 2. The van der Waals surface area contributed by atoms with Gasteiger partial charge in [0, 0.05) is 25.7 Å². The van der Waals surface area contributed by atoms with Crippen molar-refractivity contribution in [2.45, 2.75) is 32.1 Å². The third-order valence-electron chi connectivity index (χ3n) is 4.14. The van der Waals surface area contributed by atoms with E-state index < -0.39 is 5.67 Å². The molecule has 23 heavy (non-hydrogen) atoms. The molecule has 1 aromatic heterocycles. The Morgan fingerprint density at radius 1 is 1.43 bits per heavy atom. The van der Waals surface area contributed by atoms with Gasteiger partial charge in [0.25, 0.3) is 0 Å². The van der Waals surface area contributed by atoms with E-state index >= 15 is 0 Å². The van der Waals surface area contributed by atoms with Crippen molar-refractivity contribution >= 4 is 11.0 Å². The van der Waals surface area contributed by atoms with Crippen molar-refractivity contribution in [3.8, 4) is 0 Å². The van der Waals surface area contributed by atoms with Crippen molar-refractivity contribution in [3.63, 3.8) is 0 Å². The summed E-state index contributed by atoms with van der Waals surface area (Å²) in [6.45, 7) is 6.78. The minimum Gasteiger partial charge on any atom is -0.377 e. The molecule has 0 aliphatic carbocycles. The molecule has 3 rings (SSSR count). The topological polar surface area (TPSA) is 51.1 Å². The van der Waals surface area contributed by atoms with E-state index in [0.717, 1.165) is 16.9 Å². The molecule has 0 spiro atoms. The van der Waals surface area contributed by atoms with E-state index in [1.165, 1.54) is 0 Å². The quantitative estimate of drug-likeness (QED) is 0.885. The number of benzene rings is 1. The van der Waals surface area contributed by atoms with E-state index in [1.54, 1.807) is 0 Å². The largest absolute Gasteiger partial charge is 0.377 e. The lowest BCUT2D eigenvalue weighted by molar-refractivity contribution is 0.0380. The van der Waals surface area contributed by atoms with Crippen LogP contribution in [0.1, 0.15) is 25.7 Å².